The van der Waals surface area contributed by atoms with Crippen molar-refractivity contribution in [1.29, 1.82) is 0 Å². The van der Waals surface area contributed by atoms with Crippen molar-refractivity contribution in [3.8, 4) is 5.69 Å². The first-order valence-electron chi connectivity index (χ1n) is 9.89. The minimum Gasteiger partial charge on any atom is -0.357 e. The maximum Gasteiger partial charge on any atom is 0.272 e. The van der Waals surface area contributed by atoms with Crippen LogP contribution in [0.4, 0.5) is 11.5 Å². The van der Waals surface area contributed by atoms with E-state index in [9.17, 15) is 14.9 Å². The summed E-state index contributed by atoms with van der Waals surface area (Å²) in [5.74, 6) is 0.683. The van der Waals surface area contributed by atoms with Crippen molar-refractivity contribution < 1.29 is 9.72 Å². The number of nitrogens with one attached hydrogen (secondary N) is 1. The van der Waals surface area contributed by atoms with Crippen molar-refractivity contribution in [2.24, 2.45) is 0 Å². The summed E-state index contributed by atoms with van der Waals surface area (Å²) in [5.41, 5.74) is 1.83. The maximum atomic E-state index is 12.4. The molecule has 1 amide bonds. The number of aromatic nitrogens is 3. The van der Waals surface area contributed by atoms with Gasteiger partial charge in [0.2, 0.25) is 0 Å². The van der Waals surface area contributed by atoms with Crippen molar-refractivity contribution >= 4 is 17.4 Å². The van der Waals surface area contributed by atoms with E-state index in [2.05, 4.69) is 20.3 Å². The number of hydrogen-bond acceptors (Lipinski definition) is 6. The fourth-order valence-corrected chi connectivity index (χ4v) is 3.42. The Kier molecular flexibility index (Phi) is 5.69. The Hall–Kier alpha value is -3.75. The predicted molar refractivity (Wildman–Crippen MR) is 112 cm³/mol. The number of rotatable bonds is 6. The van der Waals surface area contributed by atoms with Gasteiger partial charge in [-0.1, -0.05) is 6.07 Å². The van der Waals surface area contributed by atoms with Crippen molar-refractivity contribution in [2.45, 2.75) is 25.8 Å². The molecule has 2 aromatic heterocycles. The van der Waals surface area contributed by atoms with Gasteiger partial charge in [0, 0.05) is 44.2 Å². The molecular weight excluding hydrogens is 384 g/mol. The highest BCUT2D eigenvalue weighted by Crippen LogP contribution is 2.18. The smallest absolute Gasteiger partial charge is 0.272 e. The van der Waals surface area contributed by atoms with Gasteiger partial charge in [-0.05, 0) is 49.1 Å². The lowest BCUT2D eigenvalue weighted by molar-refractivity contribution is -0.384. The van der Waals surface area contributed by atoms with Gasteiger partial charge in [-0.15, -0.1) is 0 Å². The van der Waals surface area contributed by atoms with Crippen LogP contribution in [0.15, 0.2) is 54.9 Å². The van der Waals surface area contributed by atoms with E-state index in [-0.39, 0.29) is 17.3 Å². The number of benzene rings is 1. The molecule has 0 unspecified atom stereocenters. The highest BCUT2D eigenvalue weighted by Gasteiger charge is 2.13. The first kappa shape index (κ1) is 19.6. The van der Waals surface area contributed by atoms with Gasteiger partial charge in [-0.3, -0.25) is 14.9 Å². The maximum absolute atomic E-state index is 12.4. The summed E-state index contributed by atoms with van der Waals surface area (Å²) in [7, 11) is 0. The second kappa shape index (κ2) is 8.73. The number of hydrogen-bond donors (Lipinski definition) is 1. The fraction of sp³-hybridized carbons (Fsp3) is 0.286. The van der Waals surface area contributed by atoms with Gasteiger partial charge in [0.1, 0.15) is 5.82 Å². The van der Waals surface area contributed by atoms with E-state index in [1.807, 2.05) is 12.1 Å². The van der Waals surface area contributed by atoms with Gasteiger partial charge >= 0.3 is 0 Å². The van der Waals surface area contributed by atoms with Gasteiger partial charge in [0.05, 0.1) is 10.6 Å². The third-order valence-corrected chi connectivity index (χ3v) is 5.09. The molecule has 1 fully saturated rings. The monoisotopic (exact) mass is 406 g/mol. The Morgan fingerprint density at radius 3 is 2.50 bits per heavy atom. The summed E-state index contributed by atoms with van der Waals surface area (Å²) in [6.45, 7) is 2.44. The number of nitrogens with zero attached hydrogens (tertiary/aromatic N) is 5. The highest BCUT2D eigenvalue weighted by molar-refractivity contribution is 5.92. The molecule has 1 aliphatic heterocycles. The van der Waals surface area contributed by atoms with Crippen LogP contribution in [-0.2, 0) is 6.54 Å². The van der Waals surface area contributed by atoms with Gasteiger partial charge in [0.15, 0.2) is 5.69 Å². The molecule has 9 heteroatoms. The molecule has 3 aromatic rings. The molecule has 154 valence electrons. The number of nitro benzene ring substituents is 1. The zero-order chi connectivity index (χ0) is 20.9. The quantitative estimate of drug-likeness (QED) is 0.498. The number of piperidine rings is 1. The lowest BCUT2D eigenvalue weighted by Crippen LogP contribution is -2.30. The lowest BCUT2D eigenvalue weighted by atomic mass is 10.1. The van der Waals surface area contributed by atoms with Gasteiger partial charge in [-0.2, -0.15) is 5.10 Å². The number of pyridine rings is 1. The van der Waals surface area contributed by atoms with Crippen LogP contribution in [0.5, 0.6) is 0 Å². The largest absolute Gasteiger partial charge is 0.357 e. The molecule has 0 saturated carbocycles. The summed E-state index contributed by atoms with van der Waals surface area (Å²) in [4.78, 5) is 29.5. The Morgan fingerprint density at radius 2 is 1.83 bits per heavy atom. The van der Waals surface area contributed by atoms with E-state index >= 15 is 0 Å². The van der Waals surface area contributed by atoms with Crippen LogP contribution in [0.3, 0.4) is 0 Å². The van der Waals surface area contributed by atoms with Crippen molar-refractivity contribution in [1.82, 2.24) is 20.1 Å². The standard InChI is InChI=1S/C21H22N6O3/c28-21(19-10-13-26(24-19)17-5-7-18(8-6-17)27(29)30)23-15-16-4-9-20(22-14-16)25-11-2-1-3-12-25/h4-10,13-14H,1-3,11-12,15H2,(H,23,28). The zero-order valence-corrected chi connectivity index (χ0v) is 16.4. The average molecular weight is 406 g/mol. The molecule has 30 heavy (non-hydrogen) atoms. The molecule has 0 radical (unpaired) electrons. The predicted octanol–water partition coefficient (Wildman–Crippen LogP) is 3.10. The van der Waals surface area contributed by atoms with E-state index in [1.165, 1.54) is 36.1 Å². The molecule has 4 rings (SSSR count). The van der Waals surface area contributed by atoms with Crippen LogP contribution >= 0.6 is 0 Å². The van der Waals surface area contributed by atoms with Crippen LogP contribution in [-0.4, -0.2) is 38.7 Å². The molecule has 0 atom stereocenters. The normalized spacial score (nSPS) is 13.8. The molecule has 0 spiro atoms. The van der Waals surface area contributed by atoms with E-state index in [4.69, 9.17) is 0 Å². The van der Waals surface area contributed by atoms with Crippen LogP contribution in [0.1, 0.15) is 35.3 Å². The summed E-state index contributed by atoms with van der Waals surface area (Å²) >= 11 is 0. The molecule has 0 bridgehead atoms. The average Bonchev–Trinajstić information content (AvgIpc) is 3.29. The summed E-state index contributed by atoms with van der Waals surface area (Å²) in [6.07, 6.45) is 7.11. The Balaban J connectivity index is 1.34. The Bertz CT molecular complexity index is 1020. The van der Waals surface area contributed by atoms with E-state index in [1.54, 1.807) is 30.6 Å². The number of non-ortho nitro benzene ring substituents is 1. The molecule has 1 N–H and O–H groups in total. The number of anilines is 1. The third kappa shape index (κ3) is 4.45. The minimum atomic E-state index is -0.459. The topological polar surface area (TPSA) is 106 Å². The van der Waals surface area contributed by atoms with Crippen molar-refractivity contribution in [2.75, 3.05) is 18.0 Å². The van der Waals surface area contributed by atoms with Gasteiger partial charge < -0.3 is 10.2 Å². The fourth-order valence-electron chi connectivity index (χ4n) is 3.42. The lowest BCUT2D eigenvalue weighted by Gasteiger charge is -2.27. The second-order valence-corrected chi connectivity index (χ2v) is 7.17. The van der Waals surface area contributed by atoms with E-state index in [0.29, 0.717) is 12.2 Å². The highest BCUT2D eigenvalue weighted by atomic mass is 16.6. The van der Waals surface area contributed by atoms with E-state index in [0.717, 1.165) is 24.5 Å². The van der Waals surface area contributed by atoms with Gasteiger partial charge in [-0.25, -0.2) is 9.67 Å². The summed E-state index contributed by atoms with van der Waals surface area (Å²) in [6, 6.07) is 11.6. The number of amides is 1. The first-order chi connectivity index (χ1) is 14.6. The first-order valence-corrected chi connectivity index (χ1v) is 9.89. The van der Waals surface area contributed by atoms with Crippen molar-refractivity contribution in [3.63, 3.8) is 0 Å². The summed E-state index contributed by atoms with van der Waals surface area (Å²) in [5, 5.41) is 17.9. The molecule has 1 aliphatic rings. The zero-order valence-electron chi connectivity index (χ0n) is 16.4. The second-order valence-electron chi connectivity index (χ2n) is 7.17. The van der Waals surface area contributed by atoms with Crippen LogP contribution < -0.4 is 10.2 Å². The Morgan fingerprint density at radius 1 is 1.07 bits per heavy atom. The van der Waals surface area contributed by atoms with Crippen molar-refractivity contribution in [3.05, 3.63) is 76.2 Å². The Labute approximate surface area is 173 Å². The molecule has 1 saturated heterocycles. The van der Waals surface area contributed by atoms with Crippen LogP contribution in [0, 0.1) is 10.1 Å². The molecule has 1 aromatic carbocycles. The van der Waals surface area contributed by atoms with Crippen LogP contribution in [0.2, 0.25) is 0 Å². The molecule has 3 heterocycles. The molecule has 9 nitrogen and oxygen atoms in total. The minimum absolute atomic E-state index is 0.00351. The number of nitro groups is 1. The molecular formula is C21H22N6O3. The number of carbonyl (C=O) groups is 1. The molecule has 0 aliphatic carbocycles. The SMILES string of the molecule is O=C(NCc1ccc(N2CCCCC2)nc1)c1ccn(-c2ccc([N+](=O)[O-])cc2)n1. The number of carbonyl (C=O) groups excluding carboxylic acids is 1. The van der Waals surface area contributed by atoms with Gasteiger partial charge in [0.25, 0.3) is 11.6 Å². The third-order valence-electron chi connectivity index (χ3n) is 5.09. The summed E-state index contributed by atoms with van der Waals surface area (Å²) < 4.78 is 1.51. The van der Waals surface area contributed by atoms with E-state index < -0.39 is 4.92 Å². The van der Waals surface area contributed by atoms with Crippen LogP contribution in [0.25, 0.3) is 5.69 Å².